The molecule has 0 fully saturated rings. The molecule has 24 heavy (non-hydrogen) atoms. The number of hydrogen-bond donors (Lipinski definition) is 1. The summed E-state index contributed by atoms with van der Waals surface area (Å²) in [5.74, 6) is 1.65. The van der Waals surface area contributed by atoms with Gasteiger partial charge in [-0.15, -0.1) is 12.3 Å². The van der Waals surface area contributed by atoms with Gasteiger partial charge in [-0.1, -0.05) is 0 Å². The number of rotatable bonds is 7. The number of aromatic nitrogens is 3. The number of halogens is 1. The Balaban J connectivity index is 1.56. The third-order valence-electron chi connectivity index (χ3n) is 3.74. The molecule has 7 nitrogen and oxygen atoms in total. The molecule has 1 aromatic heterocycles. The maximum atomic E-state index is 14.1. The van der Waals surface area contributed by atoms with Crippen LogP contribution >= 0.6 is 0 Å². The van der Waals surface area contributed by atoms with Crippen molar-refractivity contribution >= 4 is 5.91 Å². The Labute approximate surface area is 138 Å². The Hall–Kier alpha value is -3.08. The summed E-state index contributed by atoms with van der Waals surface area (Å²) in [5, 5.41) is 14.6. The third-order valence-corrected chi connectivity index (χ3v) is 3.74. The normalized spacial score (nSPS) is 14.2. The largest absolute Gasteiger partial charge is 0.352 e. The van der Waals surface area contributed by atoms with E-state index in [-0.39, 0.29) is 17.2 Å². The molecule has 3 rings (SSSR count). The van der Waals surface area contributed by atoms with Crippen LogP contribution in [-0.4, -0.2) is 32.9 Å². The zero-order valence-electron chi connectivity index (χ0n) is 12.8. The molecule has 0 bridgehead atoms. The van der Waals surface area contributed by atoms with Gasteiger partial charge in [0.15, 0.2) is 5.66 Å². The summed E-state index contributed by atoms with van der Waals surface area (Å²) in [6.07, 6.45) is 9.78. The highest BCUT2D eigenvalue weighted by molar-refractivity contribution is 5.94. The number of amides is 1. The highest BCUT2D eigenvalue weighted by Crippen LogP contribution is 2.36. The van der Waals surface area contributed by atoms with E-state index >= 15 is 0 Å². The molecule has 0 aliphatic carbocycles. The van der Waals surface area contributed by atoms with E-state index in [1.54, 1.807) is 0 Å². The summed E-state index contributed by atoms with van der Waals surface area (Å²) in [4.78, 5) is 15.9. The van der Waals surface area contributed by atoms with Crippen LogP contribution in [-0.2, 0) is 0 Å². The number of nitrogens with zero attached hydrogens (tertiary/aromatic N) is 5. The molecule has 2 heterocycles. The van der Waals surface area contributed by atoms with Gasteiger partial charge in [-0.25, -0.2) is 14.1 Å². The van der Waals surface area contributed by atoms with Crippen LogP contribution in [0, 0.1) is 18.2 Å². The second-order valence-corrected chi connectivity index (χ2v) is 5.40. The van der Waals surface area contributed by atoms with Crippen molar-refractivity contribution in [1.29, 1.82) is 0 Å². The van der Waals surface area contributed by atoms with Crippen LogP contribution in [0.15, 0.2) is 41.1 Å². The lowest BCUT2D eigenvalue weighted by molar-refractivity contribution is 0.0951. The first-order valence-corrected chi connectivity index (χ1v) is 7.44. The summed E-state index contributed by atoms with van der Waals surface area (Å²) >= 11 is 0. The monoisotopic (exact) mass is 326 g/mol. The summed E-state index contributed by atoms with van der Waals surface area (Å²) in [7, 11) is 0. The first kappa shape index (κ1) is 15.8. The van der Waals surface area contributed by atoms with Gasteiger partial charge in [0, 0.05) is 31.4 Å². The molecule has 0 saturated carbocycles. The van der Waals surface area contributed by atoms with E-state index in [2.05, 4.69) is 31.5 Å². The maximum Gasteiger partial charge on any atom is 0.251 e. The van der Waals surface area contributed by atoms with Gasteiger partial charge in [-0.2, -0.15) is 15.3 Å². The molecular weight excluding hydrogens is 311 g/mol. The predicted octanol–water partition coefficient (Wildman–Crippen LogP) is 2.10. The Bertz CT molecular complexity index is 802. The van der Waals surface area contributed by atoms with Gasteiger partial charge in [0.2, 0.25) is 0 Å². The predicted molar refractivity (Wildman–Crippen MR) is 83.9 cm³/mol. The quantitative estimate of drug-likeness (QED) is 0.791. The van der Waals surface area contributed by atoms with Gasteiger partial charge >= 0.3 is 0 Å². The lowest BCUT2D eigenvalue weighted by Crippen LogP contribution is -2.28. The van der Waals surface area contributed by atoms with Gasteiger partial charge in [0.05, 0.1) is 0 Å². The van der Waals surface area contributed by atoms with Gasteiger partial charge in [-0.3, -0.25) is 4.79 Å². The fourth-order valence-electron chi connectivity index (χ4n) is 2.31. The number of nitrogens with one attached hydrogen (secondary N) is 1. The highest BCUT2D eigenvalue weighted by Gasteiger charge is 2.38. The average Bonchev–Trinajstić information content (AvgIpc) is 3.13. The standard InChI is InChI=1S/C16H15FN6O/c1-2-3-6-16(21-22-16)7-8-19-15(24)12-4-5-14(13(17)9-12)23-11-18-10-20-23/h1,4-5,9-11H,3,6-8H2,(H,19,24). The summed E-state index contributed by atoms with van der Waals surface area (Å²) < 4.78 is 15.4. The molecule has 1 N–H and O–H groups in total. The van der Waals surface area contributed by atoms with Crippen LogP contribution in [0.3, 0.4) is 0 Å². The molecule has 0 spiro atoms. The second-order valence-electron chi connectivity index (χ2n) is 5.40. The van der Waals surface area contributed by atoms with Crippen molar-refractivity contribution in [3.8, 4) is 18.0 Å². The van der Waals surface area contributed by atoms with Crippen LogP contribution < -0.4 is 5.32 Å². The minimum absolute atomic E-state index is 0.230. The van der Waals surface area contributed by atoms with Crippen molar-refractivity contribution < 1.29 is 9.18 Å². The van der Waals surface area contributed by atoms with Crippen molar-refractivity contribution in [3.05, 3.63) is 42.2 Å². The van der Waals surface area contributed by atoms with Crippen molar-refractivity contribution in [2.45, 2.75) is 24.9 Å². The Morgan fingerprint density at radius 3 is 2.83 bits per heavy atom. The molecule has 0 unspecified atom stereocenters. The van der Waals surface area contributed by atoms with E-state index in [1.807, 2.05) is 0 Å². The molecular formula is C16H15FN6O. The molecule has 122 valence electrons. The maximum absolute atomic E-state index is 14.1. The van der Waals surface area contributed by atoms with Gasteiger partial charge in [0.1, 0.15) is 24.2 Å². The topological polar surface area (TPSA) is 84.5 Å². The molecule has 0 saturated heterocycles. The number of terminal acetylenes is 1. The molecule has 1 amide bonds. The number of benzene rings is 1. The van der Waals surface area contributed by atoms with Crippen LogP contribution in [0.1, 0.15) is 29.6 Å². The van der Waals surface area contributed by atoms with Gasteiger partial charge < -0.3 is 5.32 Å². The molecule has 0 atom stereocenters. The fraction of sp³-hybridized carbons (Fsp3) is 0.312. The molecule has 1 aliphatic heterocycles. The molecule has 8 heteroatoms. The van der Waals surface area contributed by atoms with Crippen molar-refractivity contribution in [1.82, 2.24) is 20.1 Å². The lowest BCUT2D eigenvalue weighted by Gasteiger charge is -2.10. The van der Waals surface area contributed by atoms with Gasteiger partial charge in [0.25, 0.3) is 5.91 Å². The van der Waals surface area contributed by atoms with E-state index in [9.17, 15) is 9.18 Å². The minimum Gasteiger partial charge on any atom is -0.352 e. The number of carbonyl (C=O) groups is 1. The van der Waals surface area contributed by atoms with E-state index < -0.39 is 11.5 Å². The minimum atomic E-state index is -0.550. The number of hydrogen-bond acceptors (Lipinski definition) is 5. The molecule has 0 radical (unpaired) electrons. The van der Waals surface area contributed by atoms with E-state index in [1.165, 1.54) is 35.5 Å². The van der Waals surface area contributed by atoms with Crippen molar-refractivity contribution in [3.63, 3.8) is 0 Å². The zero-order valence-corrected chi connectivity index (χ0v) is 12.8. The highest BCUT2D eigenvalue weighted by atomic mass is 19.1. The van der Waals surface area contributed by atoms with Crippen LogP contribution in [0.2, 0.25) is 0 Å². The lowest BCUT2D eigenvalue weighted by atomic mass is 10.0. The molecule has 1 aliphatic rings. The Kier molecular flexibility index (Phi) is 4.33. The van der Waals surface area contributed by atoms with E-state index in [0.29, 0.717) is 25.8 Å². The van der Waals surface area contributed by atoms with E-state index in [0.717, 1.165) is 0 Å². The van der Waals surface area contributed by atoms with Crippen LogP contribution in [0.4, 0.5) is 4.39 Å². The van der Waals surface area contributed by atoms with Crippen LogP contribution in [0.25, 0.3) is 5.69 Å². The van der Waals surface area contributed by atoms with E-state index in [4.69, 9.17) is 6.42 Å². The molecule has 1 aromatic carbocycles. The average molecular weight is 326 g/mol. The fourth-order valence-corrected chi connectivity index (χ4v) is 2.31. The first-order chi connectivity index (χ1) is 11.6. The summed E-state index contributed by atoms with van der Waals surface area (Å²) in [6.45, 7) is 0.392. The van der Waals surface area contributed by atoms with Crippen molar-refractivity contribution in [2.75, 3.05) is 6.54 Å². The Morgan fingerprint density at radius 2 is 2.21 bits per heavy atom. The SMILES string of the molecule is C#CCCC1(CCNC(=O)c2ccc(-n3cncn3)c(F)c2)N=N1. The summed E-state index contributed by atoms with van der Waals surface area (Å²) in [5.41, 5.74) is 0.0218. The van der Waals surface area contributed by atoms with Crippen LogP contribution in [0.5, 0.6) is 0 Å². The second kappa shape index (κ2) is 6.58. The number of carbonyl (C=O) groups excluding carboxylic acids is 1. The smallest absolute Gasteiger partial charge is 0.251 e. The van der Waals surface area contributed by atoms with Gasteiger partial charge in [-0.05, 0) is 18.2 Å². The summed E-state index contributed by atoms with van der Waals surface area (Å²) in [6, 6.07) is 4.20. The van der Waals surface area contributed by atoms with Crippen molar-refractivity contribution in [2.24, 2.45) is 10.2 Å². The first-order valence-electron chi connectivity index (χ1n) is 7.44. The molecule has 2 aromatic rings. The zero-order chi connectivity index (χ0) is 17.0. The third kappa shape index (κ3) is 3.46. The Morgan fingerprint density at radius 1 is 1.38 bits per heavy atom.